The quantitative estimate of drug-likeness (QED) is 0.428. The number of nitriles is 1. The van der Waals surface area contributed by atoms with Crippen LogP contribution in [0.1, 0.15) is 12.7 Å². The van der Waals surface area contributed by atoms with Gasteiger partial charge in [0, 0.05) is 7.05 Å². The number of aliphatic hydroxyl groups is 1. The van der Waals surface area contributed by atoms with E-state index in [0.29, 0.717) is 11.0 Å². The molecule has 116 valence electrons. The van der Waals surface area contributed by atoms with E-state index in [-0.39, 0.29) is 11.3 Å². The van der Waals surface area contributed by atoms with Gasteiger partial charge in [0.15, 0.2) is 5.82 Å². The van der Waals surface area contributed by atoms with Crippen LogP contribution in [-0.2, 0) is 7.05 Å². The molecule has 2 aromatic heterocycles. The highest BCUT2D eigenvalue weighted by atomic mass is 32.2. The molecule has 0 saturated carbocycles. The Morgan fingerprint density at radius 2 is 2.22 bits per heavy atom. The first kappa shape index (κ1) is 15.1. The summed E-state index contributed by atoms with van der Waals surface area (Å²) in [6.07, 6.45) is 0. The third-order valence-electron chi connectivity index (χ3n) is 3.24. The summed E-state index contributed by atoms with van der Waals surface area (Å²) in [4.78, 5) is 7.40. The van der Waals surface area contributed by atoms with Crippen LogP contribution < -0.4 is 0 Å². The molecular weight excluding hydrogens is 314 g/mol. The molecule has 0 unspecified atom stereocenters. The summed E-state index contributed by atoms with van der Waals surface area (Å²) in [6, 6.07) is 9.46. The second kappa shape index (κ2) is 6.10. The van der Waals surface area contributed by atoms with Crippen LogP contribution in [0.4, 0.5) is 0 Å². The number of aryl methyl sites for hydroxylation is 1. The van der Waals surface area contributed by atoms with Gasteiger partial charge in [0.05, 0.1) is 16.3 Å². The van der Waals surface area contributed by atoms with E-state index in [0.717, 1.165) is 11.0 Å². The van der Waals surface area contributed by atoms with Crippen molar-refractivity contribution in [3.63, 3.8) is 0 Å². The molecule has 8 nitrogen and oxygen atoms in total. The molecule has 23 heavy (non-hydrogen) atoms. The third-order valence-corrected chi connectivity index (χ3v) is 4.38. The van der Waals surface area contributed by atoms with Crippen LogP contribution in [0.3, 0.4) is 0 Å². The lowest BCUT2D eigenvalue weighted by Gasteiger charge is -2.10. The molecule has 0 fully saturated rings. The van der Waals surface area contributed by atoms with Crippen molar-refractivity contribution in [2.75, 3.05) is 0 Å². The van der Waals surface area contributed by atoms with Crippen LogP contribution in [0.5, 0.6) is 0 Å². The smallest absolute Gasteiger partial charge is 0.209 e. The molecule has 0 aliphatic rings. The van der Waals surface area contributed by atoms with E-state index in [2.05, 4.69) is 25.5 Å². The molecule has 0 aliphatic heterocycles. The Morgan fingerprint density at radius 1 is 1.43 bits per heavy atom. The molecular formula is C14H13N7OS. The van der Waals surface area contributed by atoms with Crippen molar-refractivity contribution in [3.05, 3.63) is 35.8 Å². The summed E-state index contributed by atoms with van der Waals surface area (Å²) in [5.41, 5.74) is 1.65. The molecule has 2 heterocycles. The van der Waals surface area contributed by atoms with E-state index < -0.39 is 5.25 Å². The minimum absolute atomic E-state index is 0.0699. The predicted molar refractivity (Wildman–Crippen MR) is 85.4 cm³/mol. The van der Waals surface area contributed by atoms with E-state index in [4.69, 9.17) is 0 Å². The van der Waals surface area contributed by atoms with Crippen LogP contribution in [0.25, 0.3) is 16.6 Å². The number of aromatic nitrogens is 6. The topological polar surface area (TPSA) is 116 Å². The van der Waals surface area contributed by atoms with Crippen molar-refractivity contribution in [2.45, 2.75) is 17.3 Å². The molecule has 2 N–H and O–H groups in total. The average Bonchev–Trinajstić information content (AvgIpc) is 3.14. The molecule has 0 radical (unpaired) electrons. The van der Waals surface area contributed by atoms with E-state index in [1.54, 1.807) is 14.0 Å². The van der Waals surface area contributed by atoms with Gasteiger partial charge in [-0.1, -0.05) is 23.9 Å². The lowest BCUT2D eigenvalue weighted by molar-refractivity contribution is 0.401. The van der Waals surface area contributed by atoms with Crippen LogP contribution in [0, 0.1) is 11.3 Å². The first-order valence-corrected chi connectivity index (χ1v) is 7.65. The normalized spacial score (nSPS) is 13.6. The Kier molecular flexibility index (Phi) is 3.99. The number of para-hydroxylation sites is 2. The largest absolute Gasteiger partial charge is 0.510 e. The fourth-order valence-electron chi connectivity index (χ4n) is 2.04. The van der Waals surface area contributed by atoms with Crippen molar-refractivity contribution in [2.24, 2.45) is 7.05 Å². The van der Waals surface area contributed by atoms with Gasteiger partial charge in [-0.05, 0) is 29.5 Å². The maximum absolute atomic E-state index is 10.4. The van der Waals surface area contributed by atoms with Crippen molar-refractivity contribution in [3.8, 4) is 6.07 Å². The van der Waals surface area contributed by atoms with Crippen LogP contribution in [0.15, 0.2) is 35.2 Å². The number of imidazole rings is 1. The minimum atomic E-state index is -0.400. The van der Waals surface area contributed by atoms with Crippen molar-refractivity contribution >= 4 is 28.4 Å². The van der Waals surface area contributed by atoms with Gasteiger partial charge >= 0.3 is 0 Å². The number of rotatable bonds is 4. The lowest BCUT2D eigenvalue weighted by atomic mass is 10.2. The Morgan fingerprint density at radius 3 is 2.87 bits per heavy atom. The van der Waals surface area contributed by atoms with E-state index >= 15 is 0 Å². The van der Waals surface area contributed by atoms with Crippen molar-refractivity contribution in [1.82, 2.24) is 30.2 Å². The molecule has 3 rings (SSSR count). The van der Waals surface area contributed by atoms with Gasteiger partial charge in [0.1, 0.15) is 17.4 Å². The maximum atomic E-state index is 10.4. The number of aromatic amines is 1. The standard InChI is InChI=1S/C14H13N7OS/c1-8(23-14-18-19-20-21(14)2)12(22)9(7-15)13-16-10-5-3-4-6-11(10)17-13/h3-6,8,22H,1-2H3,(H,16,17)/t8-/m1/s1. The number of nitrogens with zero attached hydrogens (tertiary/aromatic N) is 6. The molecule has 3 aromatic rings. The number of hydrogen-bond donors (Lipinski definition) is 2. The molecule has 0 spiro atoms. The minimum Gasteiger partial charge on any atom is -0.510 e. The first-order valence-electron chi connectivity index (χ1n) is 6.77. The molecule has 0 aliphatic carbocycles. The molecule has 0 amide bonds. The van der Waals surface area contributed by atoms with Gasteiger partial charge in [-0.15, -0.1) is 5.10 Å². The van der Waals surface area contributed by atoms with Gasteiger partial charge in [0.2, 0.25) is 5.16 Å². The van der Waals surface area contributed by atoms with Gasteiger partial charge in [-0.2, -0.15) is 5.26 Å². The molecule has 0 saturated heterocycles. The van der Waals surface area contributed by atoms with Gasteiger partial charge in [-0.3, -0.25) is 0 Å². The summed E-state index contributed by atoms with van der Waals surface area (Å²) in [5.74, 6) is 0.272. The number of allylic oxidation sites excluding steroid dienone is 1. The van der Waals surface area contributed by atoms with Crippen molar-refractivity contribution in [1.29, 1.82) is 5.26 Å². The summed E-state index contributed by atoms with van der Waals surface area (Å²) < 4.78 is 1.50. The number of benzene rings is 1. The predicted octanol–water partition coefficient (Wildman–Crippen LogP) is 2.06. The Bertz CT molecular complexity index is 887. The fraction of sp³-hybridized carbons (Fsp3) is 0.214. The maximum Gasteiger partial charge on any atom is 0.209 e. The first-order chi connectivity index (χ1) is 11.1. The summed E-state index contributed by atoms with van der Waals surface area (Å²) in [7, 11) is 1.71. The van der Waals surface area contributed by atoms with E-state index in [1.807, 2.05) is 30.3 Å². The fourth-order valence-corrected chi connectivity index (χ4v) is 2.86. The lowest BCUT2D eigenvalue weighted by Crippen LogP contribution is -2.06. The van der Waals surface area contributed by atoms with Crippen LogP contribution in [-0.4, -0.2) is 40.5 Å². The SMILES string of the molecule is C[C@@H](Sc1nnnn1C)C(O)=C(C#N)c1nc2ccccc2[nH]1. The molecule has 0 bridgehead atoms. The third kappa shape index (κ3) is 2.89. The van der Waals surface area contributed by atoms with Crippen molar-refractivity contribution < 1.29 is 5.11 Å². The summed E-state index contributed by atoms with van der Waals surface area (Å²) in [6.45, 7) is 1.77. The number of tetrazole rings is 1. The number of nitrogens with one attached hydrogen (secondary N) is 1. The van der Waals surface area contributed by atoms with Gasteiger partial charge < -0.3 is 10.1 Å². The summed E-state index contributed by atoms with van der Waals surface area (Å²) >= 11 is 1.26. The zero-order valence-electron chi connectivity index (χ0n) is 12.4. The van der Waals surface area contributed by atoms with E-state index in [9.17, 15) is 10.4 Å². The second-order valence-electron chi connectivity index (χ2n) is 4.82. The van der Waals surface area contributed by atoms with Gasteiger partial charge in [0.25, 0.3) is 0 Å². The molecule has 1 atom stereocenters. The Labute approximate surface area is 135 Å². The molecule has 9 heteroatoms. The van der Waals surface area contributed by atoms with Gasteiger partial charge in [-0.25, -0.2) is 9.67 Å². The number of fused-ring (bicyclic) bond motifs is 1. The highest BCUT2D eigenvalue weighted by Gasteiger charge is 2.20. The number of H-pyrrole nitrogens is 1. The average molecular weight is 327 g/mol. The van der Waals surface area contributed by atoms with Crippen LogP contribution in [0.2, 0.25) is 0 Å². The number of thioether (sulfide) groups is 1. The summed E-state index contributed by atoms with van der Waals surface area (Å²) in [5, 5.41) is 31.2. The highest BCUT2D eigenvalue weighted by Crippen LogP contribution is 2.28. The number of hydrogen-bond acceptors (Lipinski definition) is 7. The zero-order valence-corrected chi connectivity index (χ0v) is 13.2. The zero-order chi connectivity index (χ0) is 16.4. The molecule has 1 aromatic carbocycles. The number of aliphatic hydroxyl groups excluding tert-OH is 1. The highest BCUT2D eigenvalue weighted by molar-refractivity contribution is 7.99. The van der Waals surface area contributed by atoms with E-state index in [1.165, 1.54) is 16.4 Å². The van der Waals surface area contributed by atoms with Crippen LogP contribution >= 0.6 is 11.8 Å². The monoisotopic (exact) mass is 327 g/mol. The Hall–Kier alpha value is -2.86. The second-order valence-corrected chi connectivity index (χ2v) is 6.13. The Balaban J connectivity index is 1.95.